The Morgan fingerprint density at radius 2 is 1.82 bits per heavy atom. The third kappa shape index (κ3) is 4.29. The number of rotatable bonds is 7. The molecule has 0 amide bonds. The van der Waals surface area contributed by atoms with E-state index < -0.39 is 0 Å². The fraction of sp³-hybridized carbons (Fsp3) is 0.294. The van der Waals surface area contributed by atoms with Gasteiger partial charge in [-0.2, -0.15) is 0 Å². The molecule has 0 saturated carbocycles. The second-order valence-electron chi connectivity index (χ2n) is 4.89. The van der Waals surface area contributed by atoms with Gasteiger partial charge >= 0.3 is 0 Å². The van der Waals surface area contributed by atoms with Gasteiger partial charge in [0.15, 0.2) is 11.5 Å². The minimum absolute atomic E-state index is 0.253. The normalized spacial score (nSPS) is 10.5. The van der Waals surface area contributed by atoms with Crippen LogP contribution in [0.3, 0.4) is 0 Å². The number of phenolic OH excluding ortho intramolecular Hbond substituents is 1. The molecule has 2 N–H and O–H groups in total. The summed E-state index contributed by atoms with van der Waals surface area (Å²) in [5.41, 5.74) is 1.94. The van der Waals surface area contributed by atoms with Gasteiger partial charge < -0.3 is 19.9 Å². The van der Waals surface area contributed by atoms with Crippen molar-refractivity contribution < 1.29 is 14.6 Å². The lowest BCUT2D eigenvalue weighted by Crippen LogP contribution is -2.16. The largest absolute Gasteiger partial charge is 0.508 e. The SMILES string of the molecule is COc1ccc(CCNCc2cc(Cl)ccc2O)cc1OC. The Bertz CT molecular complexity index is 631. The number of ether oxygens (including phenoxy) is 2. The predicted octanol–water partition coefficient (Wildman–Crippen LogP) is 3.40. The first-order valence-corrected chi connectivity index (χ1v) is 7.41. The molecular weight excluding hydrogens is 302 g/mol. The van der Waals surface area contributed by atoms with Crippen molar-refractivity contribution in [2.45, 2.75) is 13.0 Å². The first-order valence-electron chi connectivity index (χ1n) is 7.03. The van der Waals surface area contributed by atoms with Gasteiger partial charge in [-0.25, -0.2) is 0 Å². The quantitative estimate of drug-likeness (QED) is 0.767. The molecule has 118 valence electrons. The summed E-state index contributed by atoms with van der Waals surface area (Å²) in [6.45, 7) is 1.35. The Hall–Kier alpha value is -1.91. The van der Waals surface area contributed by atoms with Gasteiger partial charge in [0, 0.05) is 17.1 Å². The van der Waals surface area contributed by atoms with Crippen molar-refractivity contribution >= 4 is 11.6 Å². The summed E-state index contributed by atoms with van der Waals surface area (Å²) in [6, 6.07) is 10.9. The maximum absolute atomic E-state index is 9.75. The second kappa shape index (κ2) is 7.92. The average Bonchev–Trinajstić information content (AvgIpc) is 2.54. The number of phenols is 1. The van der Waals surface area contributed by atoms with Crippen LogP contribution in [0.1, 0.15) is 11.1 Å². The van der Waals surface area contributed by atoms with E-state index in [9.17, 15) is 5.11 Å². The molecule has 0 bridgehead atoms. The second-order valence-corrected chi connectivity index (χ2v) is 5.33. The maximum atomic E-state index is 9.75. The average molecular weight is 322 g/mol. The molecule has 22 heavy (non-hydrogen) atoms. The molecule has 0 fully saturated rings. The van der Waals surface area contributed by atoms with Crippen molar-refractivity contribution in [1.29, 1.82) is 0 Å². The zero-order chi connectivity index (χ0) is 15.9. The molecule has 0 atom stereocenters. The Morgan fingerprint density at radius 3 is 2.55 bits per heavy atom. The summed E-state index contributed by atoms with van der Waals surface area (Å²) < 4.78 is 10.5. The van der Waals surface area contributed by atoms with Gasteiger partial charge in [-0.3, -0.25) is 0 Å². The van der Waals surface area contributed by atoms with E-state index in [4.69, 9.17) is 21.1 Å². The highest BCUT2D eigenvalue weighted by atomic mass is 35.5. The summed E-state index contributed by atoms with van der Waals surface area (Å²) in [7, 11) is 3.25. The van der Waals surface area contributed by atoms with Crippen LogP contribution in [0.2, 0.25) is 5.02 Å². The van der Waals surface area contributed by atoms with Crippen LogP contribution >= 0.6 is 11.6 Å². The third-order valence-electron chi connectivity index (χ3n) is 3.40. The monoisotopic (exact) mass is 321 g/mol. The highest BCUT2D eigenvalue weighted by Crippen LogP contribution is 2.27. The number of aromatic hydroxyl groups is 1. The van der Waals surface area contributed by atoms with Crippen molar-refractivity contribution in [1.82, 2.24) is 5.32 Å². The zero-order valence-electron chi connectivity index (χ0n) is 12.7. The molecule has 0 aliphatic carbocycles. The summed E-state index contributed by atoms with van der Waals surface area (Å²) in [6.07, 6.45) is 0.849. The number of methoxy groups -OCH3 is 2. The molecular formula is C17H20ClNO3. The molecule has 0 aliphatic heterocycles. The zero-order valence-corrected chi connectivity index (χ0v) is 13.5. The van der Waals surface area contributed by atoms with Gasteiger partial charge in [-0.15, -0.1) is 0 Å². The molecule has 5 heteroatoms. The Kier molecular flexibility index (Phi) is 5.92. The standard InChI is InChI=1S/C17H20ClNO3/c1-21-16-6-3-12(9-17(16)22-2)7-8-19-11-13-10-14(18)4-5-15(13)20/h3-6,9-10,19-20H,7-8,11H2,1-2H3. The highest BCUT2D eigenvalue weighted by molar-refractivity contribution is 6.30. The van der Waals surface area contributed by atoms with E-state index in [2.05, 4.69) is 5.32 Å². The topological polar surface area (TPSA) is 50.7 Å². The summed E-state index contributed by atoms with van der Waals surface area (Å²) in [5, 5.41) is 13.7. The molecule has 0 aliphatic rings. The molecule has 0 heterocycles. The third-order valence-corrected chi connectivity index (χ3v) is 3.63. The van der Waals surface area contributed by atoms with E-state index in [1.54, 1.807) is 32.4 Å². The van der Waals surface area contributed by atoms with Crippen molar-refractivity contribution in [3.05, 3.63) is 52.5 Å². The van der Waals surface area contributed by atoms with Gasteiger partial charge in [-0.05, 0) is 48.9 Å². The van der Waals surface area contributed by atoms with Crippen LogP contribution in [-0.2, 0) is 13.0 Å². The number of nitrogens with one attached hydrogen (secondary N) is 1. The van der Waals surface area contributed by atoms with E-state index >= 15 is 0 Å². The van der Waals surface area contributed by atoms with Crippen LogP contribution in [0.5, 0.6) is 17.2 Å². The van der Waals surface area contributed by atoms with Crippen LogP contribution in [0.15, 0.2) is 36.4 Å². The van der Waals surface area contributed by atoms with Gasteiger partial charge in [0.1, 0.15) is 5.75 Å². The van der Waals surface area contributed by atoms with Gasteiger partial charge in [-0.1, -0.05) is 17.7 Å². The van der Waals surface area contributed by atoms with E-state index in [0.717, 1.165) is 35.6 Å². The number of hydrogen-bond donors (Lipinski definition) is 2. The van der Waals surface area contributed by atoms with Crippen LogP contribution in [-0.4, -0.2) is 25.9 Å². The maximum Gasteiger partial charge on any atom is 0.160 e. The fourth-order valence-electron chi connectivity index (χ4n) is 2.19. The van der Waals surface area contributed by atoms with Gasteiger partial charge in [0.05, 0.1) is 14.2 Å². The van der Waals surface area contributed by atoms with Crippen LogP contribution in [0.25, 0.3) is 0 Å². The van der Waals surface area contributed by atoms with Crippen LogP contribution in [0.4, 0.5) is 0 Å². The molecule has 0 radical (unpaired) electrons. The smallest absolute Gasteiger partial charge is 0.160 e. The van der Waals surface area contributed by atoms with E-state index in [1.165, 1.54) is 0 Å². The Labute approximate surface area is 135 Å². The number of hydrogen-bond acceptors (Lipinski definition) is 4. The minimum atomic E-state index is 0.253. The lowest BCUT2D eigenvalue weighted by atomic mass is 10.1. The highest BCUT2D eigenvalue weighted by Gasteiger charge is 2.05. The van der Waals surface area contributed by atoms with Crippen molar-refractivity contribution in [2.75, 3.05) is 20.8 Å². The summed E-state index contributed by atoms with van der Waals surface area (Å²) in [5.74, 6) is 1.71. The number of benzene rings is 2. The minimum Gasteiger partial charge on any atom is -0.508 e. The molecule has 4 nitrogen and oxygen atoms in total. The summed E-state index contributed by atoms with van der Waals surface area (Å²) >= 11 is 5.92. The van der Waals surface area contributed by atoms with E-state index in [1.807, 2.05) is 18.2 Å². The number of halogens is 1. The van der Waals surface area contributed by atoms with Crippen LogP contribution in [0, 0.1) is 0 Å². The van der Waals surface area contributed by atoms with Gasteiger partial charge in [0.25, 0.3) is 0 Å². The molecule has 2 aromatic rings. The van der Waals surface area contributed by atoms with E-state index in [0.29, 0.717) is 11.6 Å². The van der Waals surface area contributed by atoms with Crippen LogP contribution < -0.4 is 14.8 Å². The molecule has 0 spiro atoms. The van der Waals surface area contributed by atoms with Crippen molar-refractivity contribution in [2.24, 2.45) is 0 Å². The lowest BCUT2D eigenvalue weighted by Gasteiger charge is -2.10. The van der Waals surface area contributed by atoms with E-state index in [-0.39, 0.29) is 5.75 Å². The Morgan fingerprint density at radius 1 is 1.05 bits per heavy atom. The predicted molar refractivity (Wildman–Crippen MR) is 88.1 cm³/mol. The molecule has 0 saturated heterocycles. The Balaban J connectivity index is 1.87. The summed E-state index contributed by atoms with van der Waals surface area (Å²) in [4.78, 5) is 0. The van der Waals surface area contributed by atoms with Crippen molar-refractivity contribution in [3.63, 3.8) is 0 Å². The first kappa shape index (κ1) is 16.5. The molecule has 0 unspecified atom stereocenters. The fourth-order valence-corrected chi connectivity index (χ4v) is 2.38. The molecule has 0 aromatic heterocycles. The first-order chi connectivity index (χ1) is 10.6. The van der Waals surface area contributed by atoms with Gasteiger partial charge in [0.2, 0.25) is 0 Å². The molecule has 2 rings (SSSR count). The van der Waals surface area contributed by atoms with Crippen molar-refractivity contribution in [3.8, 4) is 17.2 Å². The molecule has 2 aromatic carbocycles. The lowest BCUT2D eigenvalue weighted by molar-refractivity contribution is 0.354.